The lowest BCUT2D eigenvalue weighted by atomic mass is 9.90. The summed E-state index contributed by atoms with van der Waals surface area (Å²) in [5, 5.41) is 12.9. The normalized spacial score (nSPS) is 30.9. The van der Waals surface area contributed by atoms with Crippen LogP contribution in [-0.2, 0) is 4.79 Å². The molecule has 2 aliphatic heterocycles. The number of hydrogen-bond acceptors (Lipinski definition) is 3. The summed E-state index contributed by atoms with van der Waals surface area (Å²) in [6.45, 7) is 6.41. The summed E-state index contributed by atoms with van der Waals surface area (Å²) >= 11 is 0. The number of nitrogens with zero attached hydrogens (tertiary/aromatic N) is 1. The van der Waals surface area contributed by atoms with Crippen LogP contribution in [0.2, 0.25) is 0 Å². The van der Waals surface area contributed by atoms with Crippen molar-refractivity contribution in [2.75, 3.05) is 19.6 Å². The highest BCUT2D eigenvalue weighted by atomic mass is 35.5. The molecule has 2 fully saturated rings. The number of aliphatic hydroxyl groups excluding tert-OH is 1. The molecule has 2 atom stereocenters. The number of rotatable bonds is 2. The first-order chi connectivity index (χ1) is 8.03. The molecule has 2 aliphatic rings. The van der Waals surface area contributed by atoms with Gasteiger partial charge in [-0.15, -0.1) is 12.4 Å². The lowest BCUT2D eigenvalue weighted by Gasteiger charge is -2.37. The summed E-state index contributed by atoms with van der Waals surface area (Å²) < 4.78 is 0. The Balaban J connectivity index is 0.00000162. The molecular formula is C13H25ClN2O2. The van der Waals surface area contributed by atoms with Gasteiger partial charge >= 0.3 is 0 Å². The van der Waals surface area contributed by atoms with Crippen LogP contribution in [0.25, 0.3) is 0 Å². The number of aliphatic hydroxyl groups is 1. The fraction of sp³-hybridized carbons (Fsp3) is 0.923. The molecule has 2 unspecified atom stereocenters. The molecule has 0 aromatic carbocycles. The van der Waals surface area contributed by atoms with Crippen LogP contribution in [-0.4, -0.2) is 47.2 Å². The SMILES string of the molecule is CC(O)C1CCN(C(=O)C2(C)CCCN2)CC1.Cl. The average Bonchev–Trinajstić information content (AvgIpc) is 2.76. The number of likely N-dealkylation sites (tertiary alicyclic amines) is 1. The number of hydrogen-bond donors (Lipinski definition) is 2. The van der Waals surface area contributed by atoms with Crippen LogP contribution in [0.5, 0.6) is 0 Å². The first-order valence-corrected chi connectivity index (χ1v) is 6.75. The third-order valence-corrected chi connectivity index (χ3v) is 4.35. The van der Waals surface area contributed by atoms with E-state index >= 15 is 0 Å². The highest BCUT2D eigenvalue weighted by Crippen LogP contribution is 2.26. The van der Waals surface area contributed by atoms with E-state index in [1.54, 1.807) is 0 Å². The first kappa shape index (κ1) is 15.7. The molecule has 1 amide bonds. The van der Waals surface area contributed by atoms with Crippen molar-refractivity contribution in [3.8, 4) is 0 Å². The van der Waals surface area contributed by atoms with Crippen molar-refractivity contribution >= 4 is 18.3 Å². The third-order valence-electron chi connectivity index (χ3n) is 4.35. The summed E-state index contributed by atoms with van der Waals surface area (Å²) in [6, 6.07) is 0. The number of nitrogens with one attached hydrogen (secondary N) is 1. The molecule has 2 saturated heterocycles. The van der Waals surface area contributed by atoms with Crippen molar-refractivity contribution in [1.82, 2.24) is 10.2 Å². The van der Waals surface area contributed by atoms with E-state index in [4.69, 9.17) is 0 Å². The number of piperidine rings is 1. The topological polar surface area (TPSA) is 52.6 Å². The van der Waals surface area contributed by atoms with Crippen molar-refractivity contribution < 1.29 is 9.90 Å². The van der Waals surface area contributed by atoms with E-state index in [0.717, 1.165) is 45.3 Å². The van der Waals surface area contributed by atoms with Crippen LogP contribution in [0.4, 0.5) is 0 Å². The molecule has 2 rings (SSSR count). The standard InChI is InChI=1S/C13H24N2O2.ClH/c1-10(16)11-4-8-15(9-5-11)12(17)13(2)6-3-7-14-13;/h10-11,14,16H,3-9H2,1-2H3;1H. The Bertz CT molecular complexity index is 283. The van der Waals surface area contributed by atoms with E-state index in [1.165, 1.54) is 0 Å². The number of halogens is 1. The number of carbonyl (C=O) groups is 1. The Hall–Kier alpha value is -0.320. The highest BCUT2D eigenvalue weighted by molar-refractivity contribution is 5.86. The summed E-state index contributed by atoms with van der Waals surface area (Å²) in [5.41, 5.74) is -0.336. The molecule has 18 heavy (non-hydrogen) atoms. The molecule has 0 aromatic heterocycles. The summed E-state index contributed by atoms with van der Waals surface area (Å²) in [5.74, 6) is 0.613. The van der Waals surface area contributed by atoms with Gasteiger partial charge in [0.2, 0.25) is 5.91 Å². The van der Waals surface area contributed by atoms with E-state index in [1.807, 2.05) is 18.7 Å². The Morgan fingerprint density at radius 1 is 1.44 bits per heavy atom. The van der Waals surface area contributed by atoms with Crippen LogP contribution >= 0.6 is 12.4 Å². The second-order valence-corrected chi connectivity index (χ2v) is 5.73. The van der Waals surface area contributed by atoms with Gasteiger partial charge in [0.15, 0.2) is 0 Å². The van der Waals surface area contributed by atoms with Crippen LogP contribution < -0.4 is 5.32 Å². The second-order valence-electron chi connectivity index (χ2n) is 5.73. The van der Waals surface area contributed by atoms with E-state index in [2.05, 4.69) is 5.32 Å². The second kappa shape index (κ2) is 6.22. The Morgan fingerprint density at radius 2 is 2.06 bits per heavy atom. The maximum absolute atomic E-state index is 12.4. The van der Waals surface area contributed by atoms with E-state index in [9.17, 15) is 9.90 Å². The van der Waals surface area contributed by atoms with Gasteiger partial charge in [-0.1, -0.05) is 0 Å². The maximum atomic E-state index is 12.4. The van der Waals surface area contributed by atoms with Crippen LogP contribution in [0, 0.1) is 5.92 Å². The molecule has 0 spiro atoms. The zero-order valence-corrected chi connectivity index (χ0v) is 12.1. The Kier molecular flexibility index (Phi) is 5.44. The van der Waals surface area contributed by atoms with Gasteiger partial charge in [0, 0.05) is 13.1 Å². The van der Waals surface area contributed by atoms with Crippen LogP contribution in [0.1, 0.15) is 39.5 Å². The fourth-order valence-electron chi connectivity index (χ4n) is 3.01. The predicted molar refractivity (Wildman–Crippen MR) is 73.9 cm³/mol. The number of amides is 1. The fourth-order valence-corrected chi connectivity index (χ4v) is 3.01. The third kappa shape index (κ3) is 3.16. The van der Waals surface area contributed by atoms with Gasteiger partial charge in [0.25, 0.3) is 0 Å². The van der Waals surface area contributed by atoms with Crippen LogP contribution in [0.15, 0.2) is 0 Å². The summed E-state index contributed by atoms with van der Waals surface area (Å²) in [6.07, 6.45) is 3.65. The molecule has 0 radical (unpaired) electrons. The maximum Gasteiger partial charge on any atom is 0.242 e. The van der Waals surface area contributed by atoms with Gasteiger partial charge in [-0.2, -0.15) is 0 Å². The number of carbonyl (C=O) groups excluding carboxylic acids is 1. The molecule has 0 aliphatic carbocycles. The molecule has 2 N–H and O–H groups in total. The van der Waals surface area contributed by atoms with Crippen LogP contribution in [0.3, 0.4) is 0 Å². The van der Waals surface area contributed by atoms with Gasteiger partial charge in [0.05, 0.1) is 11.6 Å². The first-order valence-electron chi connectivity index (χ1n) is 6.75. The van der Waals surface area contributed by atoms with Gasteiger partial charge in [-0.05, 0) is 52.0 Å². The minimum atomic E-state index is -0.336. The Labute approximate surface area is 116 Å². The summed E-state index contributed by atoms with van der Waals surface area (Å²) in [4.78, 5) is 14.4. The Morgan fingerprint density at radius 3 is 2.50 bits per heavy atom. The molecule has 2 heterocycles. The molecule has 4 nitrogen and oxygen atoms in total. The predicted octanol–water partition coefficient (Wildman–Crippen LogP) is 1.17. The lowest BCUT2D eigenvalue weighted by Crippen LogP contribution is -2.55. The average molecular weight is 277 g/mol. The minimum Gasteiger partial charge on any atom is -0.393 e. The molecule has 106 valence electrons. The zero-order chi connectivity index (χ0) is 12.5. The van der Waals surface area contributed by atoms with Crippen molar-refractivity contribution in [1.29, 1.82) is 0 Å². The molecule has 0 aromatic rings. The van der Waals surface area contributed by atoms with Gasteiger partial charge in [0.1, 0.15) is 0 Å². The minimum absolute atomic E-state index is 0. The highest BCUT2D eigenvalue weighted by Gasteiger charge is 2.40. The molecule has 0 bridgehead atoms. The van der Waals surface area contributed by atoms with Gasteiger partial charge < -0.3 is 15.3 Å². The monoisotopic (exact) mass is 276 g/mol. The zero-order valence-electron chi connectivity index (χ0n) is 11.3. The van der Waals surface area contributed by atoms with Crippen molar-refractivity contribution in [3.63, 3.8) is 0 Å². The van der Waals surface area contributed by atoms with E-state index in [0.29, 0.717) is 5.92 Å². The van der Waals surface area contributed by atoms with Crippen molar-refractivity contribution in [2.24, 2.45) is 5.92 Å². The smallest absolute Gasteiger partial charge is 0.242 e. The van der Waals surface area contributed by atoms with E-state index < -0.39 is 0 Å². The lowest BCUT2D eigenvalue weighted by molar-refractivity contribution is -0.139. The van der Waals surface area contributed by atoms with Gasteiger partial charge in [-0.3, -0.25) is 4.79 Å². The van der Waals surface area contributed by atoms with E-state index in [-0.39, 0.29) is 30.0 Å². The largest absolute Gasteiger partial charge is 0.393 e. The summed E-state index contributed by atoms with van der Waals surface area (Å²) in [7, 11) is 0. The molecule has 0 saturated carbocycles. The van der Waals surface area contributed by atoms with Crippen molar-refractivity contribution in [3.05, 3.63) is 0 Å². The van der Waals surface area contributed by atoms with Crippen molar-refractivity contribution in [2.45, 2.75) is 51.2 Å². The quantitative estimate of drug-likeness (QED) is 0.796. The van der Waals surface area contributed by atoms with Gasteiger partial charge in [-0.25, -0.2) is 0 Å². The molecule has 5 heteroatoms. The molecular weight excluding hydrogens is 252 g/mol.